The van der Waals surface area contributed by atoms with Crippen molar-refractivity contribution in [2.24, 2.45) is 11.8 Å². The van der Waals surface area contributed by atoms with E-state index in [0.29, 0.717) is 12.0 Å². The van der Waals surface area contributed by atoms with Crippen molar-refractivity contribution in [1.29, 1.82) is 0 Å². The van der Waals surface area contributed by atoms with E-state index in [1.807, 2.05) is 0 Å². The largest absolute Gasteiger partial charge is 0.456 e. The Morgan fingerprint density at radius 2 is 2.17 bits per heavy atom. The van der Waals surface area contributed by atoms with Crippen LogP contribution in [-0.2, 0) is 23.8 Å². The maximum atomic E-state index is 11.8. The Morgan fingerprint density at radius 1 is 1.50 bits per heavy atom. The normalized spacial score (nSPS) is 43.2. The average molecular weight is 270 g/mol. The van der Waals surface area contributed by atoms with E-state index in [2.05, 4.69) is 13.2 Å². The standard InChI is InChI=1S/C12H14O5S/c1-5(2)12(13)16-10-7-4-8-9(6(7)3)11(10)17-18(8,14)15/h7-11H,1,3-4H2,2H3. The lowest BCUT2D eigenvalue weighted by Gasteiger charge is -2.24. The molecule has 2 aliphatic carbocycles. The number of hydrogen-bond donors (Lipinski definition) is 0. The minimum Gasteiger partial charge on any atom is -0.456 e. The molecule has 0 aromatic rings. The third kappa shape index (κ3) is 1.36. The first-order valence-electron chi connectivity index (χ1n) is 5.80. The Hall–Kier alpha value is -1.14. The Morgan fingerprint density at radius 3 is 2.78 bits per heavy atom. The summed E-state index contributed by atoms with van der Waals surface area (Å²) in [5.74, 6) is -0.835. The van der Waals surface area contributed by atoms with Gasteiger partial charge in [0.25, 0.3) is 10.1 Å². The van der Waals surface area contributed by atoms with Gasteiger partial charge in [-0.15, -0.1) is 0 Å². The molecule has 18 heavy (non-hydrogen) atoms. The minimum atomic E-state index is -3.53. The first-order chi connectivity index (χ1) is 8.33. The molecular formula is C12H14O5S. The van der Waals surface area contributed by atoms with Crippen LogP contribution in [0, 0.1) is 11.8 Å². The first kappa shape index (κ1) is 11.9. The number of rotatable bonds is 2. The van der Waals surface area contributed by atoms with Crippen molar-refractivity contribution < 1.29 is 22.1 Å². The molecule has 0 aromatic carbocycles. The van der Waals surface area contributed by atoms with Crippen molar-refractivity contribution in [2.45, 2.75) is 30.8 Å². The van der Waals surface area contributed by atoms with Crippen LogP contribution in [0.15, 0.2) is 24.3 Å². The second-order valence-electron chi connectivity index (χ2n) is 5.19. The van der Waals surface area contributed by atoms with Crippen molar-refractivity contribution in [2.75, 3.05) is 0 Å². The lowest BCUT2D eigenvalue weighted by Crippen LogP contribution is -2.37. The fraction of sp³-hybridized carbons (Fsp3) is 0.583. The fourth-order valence-electron chi connectivity index (χ4n) is 3.25. The van der Waals surface area contributed by atoms with Gasteiger partial charge >= 0.3 is 5.97 Å². The molecule has 2 bridgehead atoms. The lowest BCUT2D eigenvalue weighted by atomic mass is 9.94. The summed E-state index contributed by atoms with van der Waals surface area (Å²) in [6, 6.07) is 0. The topological polar surface area (TPSA) is 69.7 Å². The van der Waals surface area contributed by atoms with Gasteiger partial charge in [0.05, 0.1) is 5.25 Å². The molecule has 0 amide bonds. The number of fused-ring (bicyclic) bond motifs is 1. The summed E-state index contributed by atoms with van der Waals surface area (Å²) >= 11 is 0. The molecule has 3 rings (SSSR count). The van der Waals surface area contributed by atoms with Gasteiger partial charge in [0.1, 0.15) is 12.2 Å². The van der Waals surface area contributed by atoms with Crippen LogP contribution in [0.2, 0.25) is 0 Å². The van der Waals surface area contributed by atoms with E-state index in [0.717, 1.165) is 5.57 Å². The van der Waals surface area contributed by atoms with Crippen LogP contribution in [0.25, 0.3) is 0 Å². The lowest BCUT2D eigenvalue weighted by molar-refractivity contribution is -0.150. The van der Waals surface area contributed by atoms with Crippen LogP contribution in [0.3, 0.4) is 0 Å². The van der Waals surface area contributed by atoms with Crippen molar-refractivity contribution in [3.8, 4) is 0 Å². The summed E-state index contributed by atoms with van der Waals surface area (Å²) in [5.41, 5.74) is 1.13. The molecular weight excluding hydrogens is 256 g/mol. The van der Waals surface area contributed by atoms with E-state index in [9.17, 15) is 13.2 Å². The van der Waals surface area contributed by atoms with Crippen LogP contribution in [-0.4, -0.2) is 31.8 Å². The number of carbonyl (C=O) groups excluding carboxylic acids is 1. The molecule has 1 saturated heterocycles. The van der Waals surface area contributed by atoms with Crippen LogP contribution < -0.4 is 0 Å². The molecule has 98 valence electrons. The molecule has 0 spiro atoms. The van der Waals surface area contributed by atoms with Crippen LogP contribution in [0.5, 0.6) is 0 Å². The first-order valence-corrected chi connectivity index (χ1v) is 7.27. The molecule has 0 aromatic heterocycles. The Balaban J connectivity index is 1.91. The highest BCUT2D eigenvalue weighted by Crippen LogP contribution is 2.57. The number of hydrogen-bond acceptors (Lipinski definition) is 5. The van der Waals surface area contributed by atoms with Gasteiger partial charge in [0, 0.05) is 17.4 Å². The summed E-state index contributed by atoms with van der Waals surface area (Å²) in [7, 11) is -3.53. The molecule has 5 unspecified atom stereocenters. The van der Waals surface area contributed by atoms with E-state index >= 15 is 0 Å². The Labute approximate surface area is 106 Å². The molecule has 0 radical (unpaired) electrons. The number of esters is 1. The van der Waals surface area contributed by atoms with Crippen molar-refractivity contribution in [3.63, 3.8) is 0 Å². The molecule has 5 nitrogen and oxygen atoms in total. The van der Waals surface area contributed by atoms with Gasteiger partial charge in [-0.2, -0.15) is 8.42 Å². The Kier molecular flexibility index (Phi) is 2.29. The number of carbonyl (C=O) groups is 1. The second kappa shape index (κ2) is 3.45. The summed E-state index contributed by atoms with van der Waals surface area (Å²) in [6.07, 6.45) is -0.689. The van der Waals surface area contributed by atoms with Gasteiger partial charge in [-0.25, -0.2) is 4.79 Å². The van der Waals surface area contributed by atoms with Gasteiger partial charge in [-0.1, -0.05) is 18.7 Å². The summed E-state index contributed by atoms with van der Waals surface area (Å²) < 4.78 is 33.9. The van der Waals surface area contributed by atoms with Gasteiger partial charge < -0.3 is 4.74 Å². The summed E-state index contributed by atoms with van der Waals surface area (Å²) in [5, 5.41) is -0.500. The predicted molar refractivity (Wildman–Crippen MR) is 63.0 cm³/mol. The highest BCUT2D eigenvalue weighted by molar-refractivity contribution is 7.87. The SMILES string of the molecule is C=C(C)C(=O)OC1C2CC3C(C2=C)C1OS3(=O)=O. The molecule has 3 fully saturated rings. The zero-order valence-electron chi connectivity index (χ0n) is 9.96. The predicted octanol–water partition coefficient (Wildman–Crippen LogP) is 0.777. The maximum absolute atomic E-state index is 11.8. The summed E-state index contributed by atoms with van der Waals surface area (Å²) in [6.45, 7) is 9.00. The number of ether oxygens (including phenoxy) is 1. The van der Waals surface area contributed by atoms with E-state index in [4.69, 9.17) is 8.92 Å². The summed E-state index contributed by atoms with van der Waals surface area (Å²) in [4.78, 5) is 11.6. The van der Waals surface area contributed by atoms with Crippen LogP contribution >= 0.6 is 0 Å². The smallest absolute Gasteiger partial charge is 0.333 e. The van der Waals surface area contributed by atoms with E-state index in [1.54, 1.807) is 6.92 Å². The minimum absolute atomic E-state index is 0.106. The van der Waals surface area contributed by atoms with E-state index < -0.39 is 33.5 Å². The molecule has 5 atom stereocenters. The highest BCUT2D eigenvalue weighted by atomic mass is 32.2. The van der Waals surface area contributed by atoms with E-state index in [1.165, 1.54) is 0 Å². The van der Waals surface area contributed by atoms with Gasteiger partial charge in [-0.05, 0) is 13.3 Å². The van der Waals surface area contributed by atoms with E-state index in [-0.39, 0.29) is 11.8 Å². The van der Waals surface area contributed by atoms with Gasteiger partial charge in [-0.3, -0.25) is 4.18 Å². The van der Waals surface area contributed by atoms with Crippen LogP contribution in [0.1, 0.15) is 13.3 Å². The molecule has 2 saturated carbocycles. The van der Waals surface area contributed by atoms with Gasteiger partial charge in [0.2, 0.25) is 0 Å². The van der Waals surface area contributed by atoms with Crippen LogP contribution in [0.4, 0.5) is 0 Å². The molecule has 3 aliphatic rings. The van der Waals surface area contributed by atoms with Gasteiger partial charge in [0.15, 0.2) is 0 Å². The zero-order valence-corrected chi connectivity index (χ0v) is 10.8. The Bertz CT molecular complexity index is 561. The quantitative estimate of drug-likeness (QED) is 0.321. The van der Waals surface area contributed by atoms with Crippen molar-refractivity contribution >= 4 is 16.1 Å². The highest BCUT2D eigenvalue weighted by Gasteiger charge is 2.67. The monoisotopic (exact) mass is 270 g/mol. The molecule has 0 N–H and O–H groups in total. The molecule has 1 heterocycles. The van der Waals surface area contributed by atoms with Crippen molar-refractivity contribution in [1.82, 2.24) is 0 Å². The molecule has 6 heteroatoms. The third-order valence-corrected chi connectivity index (χ3v) is 5.79. The third-order valence-electron chi connectivity index (χ3n) is 4.07. The zero-order chi connectivity index (χ0) is 13.2. The average Bonchev–Trinajstić information content (AvgIpc) is 2.78. The van der Waals surface area contributed by atoms with Crippen molar-refractivity contribution in [3.05, 3.63) is 24.3 Å². The second-order valence-corrected chi connectivity index (χ2v) is 6.97. The molecule has 1 aliphatic heterocycles. The maximum Gasteiger partial charge on any atom is 0.333 e. The fourth-order valence-corrected chi connectivity index (χ4v) is 5.06.